The van der Waals surface area contributed by atoms with Gasteiger partial charge in [-0.3, -0.25) is 3.89 Å². The molecule has 1 aliphatic heterocycles. The highest BCUT2D eigenvalue weighted by Gasteiger charge is 2.67. The summed E-state index contributed by atoms with van der Waals surface area (Å²) in [5.74, 6) is -1.17. The molecule has 27 heavy (non-hydrogen) atoms. The fraction of sp³-hybridized carbons (Fsp3) is 0.562. The van der Waals surface area contributed by atoms with Gasteiger partial charge in [0.1, 0.15) is 0 Å². The summed E-state index contributed by atoms with van der Waals surface area (Å²) in [7, 11) is -2.63. The maximum Gasteiger partial charge on any atom is 0.345 e. The molecule has 2 N–H and O–H groups in total. The lowest BCUT2D eigenvalue weighted by Gasteiger charge is -2.45. The summed E-state index contributed by atoms with van der Waals surface area (Å²) in [5.41, 5.74) is 4.42. The van der Waals surface area contributed by atoms with Gasteiger partial charge in [-0.15, -0.1) is 0 Å². The molecule has 1 saturated heterocycles. The summed E-state index contributed by atoms with van der Waals surface area (Å²) < 4.78 is 32.0. The predicted molar refractivity (Wildman–Crippen MR) is 99.8 cm³/mol. The van der Waals surface area contributed by atoms with Gasteiger partial charge in [0.2, 0.25) is 9.84 Å². The number of rotatable bonds is 6. The van der Waals surface area contributed by atoms with Crippen molar-refractivity contribution >= 4 is 28.6 Å². The lowest BCUT2D eigenvalue weighted by molar-refractivity contribution is -0.778. The number of halogens is 1. The average Bonchev–Trinajstić information content (AvgIpc) is 2.62. The van der Waals surface area contributed by atoms with Gasteiger partial charge in [-0.25, -0.2) is 13.2 Å². The van der Waals surface area contributed by atoms with E-state index in [9.17, 15) is 18.1 Å². The van der Waals surface area contributed by atoms with Crippen LogP contribution < -0.4 is 18.1 Å². The molecule has 1 aromatic carbocycles. The van der Waals surface area contributed by atoms with Gasteiger partial charge in [-0.05, 0) is 19.1 Å². The number of nitrogens with zero attached hydrogens (tertiary/aromatic N) is 2. The van der Waals surface area contributed by atoms with Crippen LogP contribution in [0, 0.1) is 4.91 Å². The first kappa shape index (κ1) is 23.8. The van der Waals surface area contributed by atoms with Gasteiger partial charge in [-0.2, -0.15) is 4.91 Å². The number of benzene rings is 1. The number of ether oxygens (including phenoxy) is 1. The van der Waals surface area contributed by atoms with Crippen LogP contribution in [0.25, 0.3) is 0 Å². The quantitative estimate of drug-likeness (QED) is 0.236. The van der Waals surface area contributed by atoms with Crippen molar-refractivity contribution in [3.05, 3.63) is 35.2 Å². The molecule has 8 nitrogen and oxygen atoms in total. The third-order valence-corrected chi connectivity index (χ3v) is 7.62. The molecule has 2 rings (SSSR count). The molecule has 1 unspecified atom stereocenters. The van der Waals surface area contributed by atoms with Crippen LogP contribution in [-0.2, 0) is 19.4 Å². The van der Waals surface area contributed by atoms with E-state index < -0.39 is 26.2 Å². The summed E-state index contributed by atoms with van der Waals surface area (Å²) in [6.07, 6.45) is -0.00421. The third kappa shape index (κ3) is 4.00. The Balaban J connectivity index is 0.00000364. The summed E-state index contributed by atoms with van der Waals surface area (Å²) in [6, 6.07) is 7.33. The molecular formula is C16H24ClN3O5S2. The number of likely N-dealkylation sites (tertiary alicyclic amines) is 1. The third-order valence-electron chi connectivity index (χ3n) is 4.94. The maximum atomic E-state index is 13.3. The zero-order valence-electron chi connectivity index (χ0n) is 15.2. The van der Waals surface area contributed by atoms with Crippen molar-refractivity contribution in [3.8, 4) is 0 Å². The zero-order chi connectivity index (χ0) is 19.6. The number of nitroso groups, excluding NO2 is 1. The van der Waals surface area contributed by atoms with Crippen molar-refractivity contribution < 1.29 is 34.2 Å². The molecule has 1 aromatic rings. The Bertz CT molecular complexity index is 779. The van der Waals surface area contributed by atoms with Crippen molar-refractivity contribution in [2.45, 2.75) is 35.1 Å². The van der Waals surface area contributed by atoms with Crippen LogP contribution in [0.5, 0.6) is 0 Å². The average molecular weight is 438 g/mol. The molecule has 1 fully saturated rings. The number of quaternary nitrogens is 1. The molecule has 11 heteroatoms. The fourth-order valence-corrected chi connectivity index (χ4v) is 5.30. The second-order valence-corrected chi connectivity index (χ2v) is 9.77. The van der Waals surface area contributed by atoms with Crippen molar-refractivity contribution in [2.24, 2.45) is 10.9 Å². The van der Waals surface area contributed by atoms with Crippen LogP contribution in [0.1, 0.15) is 19.8 Å². The number of piperidine rings is 1. The lowest BCUT2D eigenvalue weighted by atomic mass is 9.81. The summed E-state index contributed by atoms with van der Waals surface area (Å²) >= 11 is 4.45. The minimum Gasteiger partial charge on any atom is -1.00 e. The van der Waals surface area contributed by atoms with E-state index in [0.717, 1.165) is 0 Å². The smallest absolute Gasteiger partial charge is 0.345 e. The largest absolute Gasteiger partial charge is 1.00 e. The normalized spacial score (nSPS) is 27.7. The van der Waals surface area contributed by atoms with Crippen LogP contribution in [0.15, 0.2) is 40.4 Å². The molecule has 1 heterocycles. The lowest BCUT2D eigenvalue weighted by Crippen LogP contribution is -3.00. The fourth-order valence-electron chi connectivity index (χ4n) is 3.19. The molecule has 0 spiro atoms. The summed E-state index contributed by atoms with van der Waals surface area (Å²) in [6.45, 7) is 2.13. The first-order chi connectivity index (χ1) is 12.1. The van der Waals surface area contributed by atoms with Gasteiger partial charge in [0.15, 0.2) is 5.54 Å². The van der Waals surface area contributed by atoms with Crippen LogP contribution >= 0.6 is 12.8 Å². The first-order valence-electron chi connectivity index (χ1n) is 8.24. The number of carbonyl (C=O) groups excluding carboxylic acids is 1. The number of carbonyl (C=O) groups is 1. The second-order valence-electron chi connectivity index (χ2n) is 6.68. The van der Waals surface area contributed by atoms with E-state index in [0.29, 0.717) is 13.1 Å². The van der Waals surface area contributed by atoms with Gasteiger partial charge < -0.3 is 22.9 Å². The van der Waals surface area contributed by atoms with Crippen molar-refractivity contribution in [1.29, 1.82) is 0 Å². The van der Waals surface area contributed by atoms with Crippen LogP contribution in [0.2, 0.25) is 0 Å². The number of esters is 1. The van der Waals surface area contributed by atoms with Crippen LogP contribution in [-0.4, -0.2) is 55.4 Å². The highest BCUT2D eigenvalue weighted by molar-refractivity contribution is 7.93. The molecule has 0 radical (unpaired) electrons. The second kappa shape index (κ2) is 8.44. The molecule has 1 aliphatic rings. The first-order valence-corrected chi connectivity index (χ1v) is 10.1. The van der Waals surface area contributed by atoms with Gasteiger partial charge in [0.25, 0.3) is 4.87 Å². The van der Waals surface area contributed by atoms with Gasteiger partial charge >= 0.3 is 5.97 Å². The van der Waals surface area contributed by atoms with E-state index in [1.165, 1.54) is 31.2 Å². The van der Waals surface area contributed by atoms with E-state index >= 15 is 0 Å². The number of thiol groups is 1. The molecule has 0 amide bonds. The van der Waals surface area contributed by atoms with E-state index in [1.54, 1.807) is 6.07 Å². The van der Waals surface area contributed by atoms with Gasteiger partial charge in [0.05, 0.1) is 44.5 Å². The monoisotopic (exact) mass is 437 g/mol. The van der Waals surface area contributed by atoms with Crippen molar-refractivity contribution in [3.63, 3.8) is 0 Å². The van der Waals surface area contributed by atoms with E-state index in [2.05, 4.69) is 18.0 Å². The van der Waals surface area contributed by atoms with E-state index in [1.807, 2.05) is 7.05 Å². The van der Waals surface area contributed by atoms with Crippen molar-refractivity contribution in [1.82, 2.24) is 0 Å². The van der Waals surface area contributed by atoms with Gasteiger partial charge in [0, 0.05) is 12.8 Å². The van der Waals surface area contributed by atoms with E-state index in [-0.39, 0.29) is 40.6 Å². The Morgan fingerprint density at radius 1 is 1.33 bits per heavy atom. The predicted octanol–water partition coefficient (Wildman–Crippen LogP) is -1.73. The summed E-state index contributed by atoms with van der Waals surface area (Å²) in [4.78, 5) is 21.9. The Hall–Kier alpha value is -1.20. The highest BCUT2D eigenvalue weighted by Crippen LogP contribution is 2.43. The number of hydrogen-bond acceptors (Lipinski definition) is 8. The minimum absolute atomic E-state index is 0. The molecule has 0 saturated carbocycles. The highest BCUT2D eigenvalue weighted by atomic mass is 35.5. The topological polar surface area (TPSA) is 116 Å². The molecule has 0 bridgehead atoms. The maximum absolute atomic E-state index is 13.3. The minimum atomic E-state index is -4.45. The van der Waals surface area contributed by atoms with E-state index in [4.69, 9.17) is 10.5 Å². The zero-order valence-corrected chi connectivity index (χ0v) is 17.6. The van der Waals surface area contributed by atoms with Crippen LogP contribution in [0.3, 0.4) is 0 Å². The van der Waals surface area contributed by atoms with Gasteiger partial charge in [-0.1, -0.05) is 23.4 Å². The number of nitrogens with two attached hydrogens (primary N) is 1. The molecule has 152 valence electrons. The standard InChI is InChI=1S/C16H24N3O5S2.ClH/c1-3-24-14(20)16(17,26(22,23)13-7-5-4-6-8-13)15(18-21)9-11-19(2,25)12-10-15;/h4-8,25H,3,9-12,17H2,1-2H3;1H/q+1;/p-1. The molecule has 0 aliphatic carbocycles. The Kier molecular flexibility index (Phi) is 7.45. The molecule has 1 atom stereocenters. The number of hydrogen-bond donors (Lipinski definition) is 2. The molecule has 0 aromatic heterocycles. The Labute approximate surface area is 170 Å². The summed E-state index contributed by atoms with van der Waals surface area (Å²) in [5, 5.41) is 3.11. The Morgan fingerprint density at radius 2 is 1.85 bits per heavy atom. The Morgan fingerprint density at radius 3 is 2.30 bits per heavy atom. The SMILES string of the molecule is CCOC(=O)C(N)(C1(N=O)CC[N+](C)(S)CC1)S(=O)(=O)c1ccccc1.[Cl-]. The molecular weight excluding hydrogens is 414 g/mol. The number of sulfone groups is 1. The van der Waals surface area contributed by atoms with Crippen LogP contribution in [0.4, 0.5) is 0 Å². The van der Waals surface area contributed by atoms with Crippen molar-refractivity contribution in [2.75, 3.05) is 26.7 Å².